The number of nitriles is 1. The normalized spacial score (nSPS) is 10.5. The van der Waals surface area contributed by atoms with Crippen molar-refractivity contribution in [1.29, 1.82) is 5.26 Å². The van der Waals surface area contributed by atoms with Crippen LogP contribution in [0.2, 0.25) is 0 Å². The molecule has 114 valence electrons. The SMILES string of the molecule is COC(=O)c1c(N)c(C#N)cn1-c1ccc(Br)cc1C(C)C. The van der Waals surface area contributed by atoms with Crippen LogP contribution in [0, 0.1) is 11.3 Å². The molecule has 0 unspecified atom stereocenters. The van der Waals surface area contributed by atoms with Crippen molar-refractivity contribution in [2.24, 2.45) is 0 Å². The van der Waals surface area contributed by atoms with Gasteiger partial charge in [0.15, 0.2) is 5.69 Å². The molecule has 0 aliphatic heterocycles. The fraction of sp³-hybridized carbons (Fsp3) is 0.250. The number of nitrogens with two attached hydrogens (primary N) is 1. The summed E-state index contributed by atoms with van der Waals surface area (Å²) < 4.78 is 7.37. The number of halogens is 1. The van der Waals surface area contributed by atoms with Gasteiger partial charge in [-0.15, -0.1) is 0 Å². The second-order valence-corrected chi connectivity index (χ2v) is 6.05. The third kappa shape index (κ3) is 2.72. The predicted molar refractivity (Wildman–Crippen MR) is 88.0 cm³/mol. The van der Waals surface area contributed by atoms with Crippen LogP contribution in [-0.4, -0.2) is 17.6 Å². The zero-order valence-corrected chi connectivity index (χ0v) is 14.1. The molecule has 0 bridgehead atoms. The van der Waals surface area contributed by atoms with Gasteiger partial charge in [0.25, 0.3) is 0 Å². The van der Waals surface area contributed by atoms with E-state index >= 15 is 0 Å². The first kappa shape index (κ1) is 16.1. The minimum Gasteiger partial charge on any atom is -0.464 e. The van der Waals surface area contributed by atoms with Gasteiger partial charge in [0, 0.05) is 16.4 Å². The second-order valence-electron chi connectivity index (χ2n) is 5.14. The Morgan fingerprint density at radius 1 is 1.45 bits per heavy atom. The van der Waals surface area contributed by atoms with E-state index in [1.807, 2.05) is 24.3 Å². The Bertz CT molecular complexity index is 772. The average Bonchev–Trinajstić information content (AvgIpc) is 2.83. The number of benzene rings is 1. The Morgan fingerprint density at radius 2 is 2.14 bits per heavy atom. The van der Waals surface area contributed by atoms with Crippen LogP contribution < -0.4 is 5.73 Å². The van der Waals surface area contributed by atoms with Gasteiger partial charge in [0.05, 0.1) is 18.4 Å². The van der Waals surface area contributed by atoms with E-state index in [1.165, 1.54) is 7.11 Å². The smallest absolute Gasteiger partial charge is 0.357 e. The third-order valence-electron chi connectivity index (χ3n) is 3.41. The van der Waals surface area contributed by atoms with Crippen LogP contribution in [0.1, 0.15) is 41.4 Å². The van der Waals surface area contributed by atoms with Gasteiger partial charge in [0.2, 0.25) is 0 Å². The first-order chi connectivity index (χ1) is 10.4. The molecule has 6 heteroatoms. The minimum atomic E-state index is -0.573. The first-order valence-electron chi connectivity index (χ1n) is 6.69. The number of nitrogens with zero attached hydrogens (tertiary/aromatic N) is 2. The molecule has 0 radical (unpaired) electrons. The summed E-state index contributed by atoms with van der Waals surface area (Å²) in [5, 5.41) is 9.18. The third-order valence-corrected chi connectivity index (χ3v) is 3.91. The van der Waals surface area contributed by atoms with Crippen molar-refractivity contribution in [3.05, 3.63) is 45.7 Å². The molecular formula is C16H16BrN3O2. The molecule has 0 atom stereocenters. The van der Waals surface area contributed by atoms with Crippen molar-refractivity contribution in [1.82, 2.24) is 4.57 Å². The number of rotatable bonds is 3. The lowest BCUT2D eigenvalue weighted by atomic mass is 10.0. The maximum Gasteiger partial charge on any atom is 0.357 e. The molecule has 0 saturated heterocycles. The van der Waals surface area contributed by atoms with Gasteiger partial charge in [-0.25, -0.2) is 4.79 Å². The molecule has 0 spiro atoms. The molecule has 0 saturated carbocycles. The molecule has 1 heterocycles. The number of anilines is 1. The number of ether oxygens (including phenoxy) is 1. The molecule has 2 N–H and O–H groups in total. The number of nitrogen functional groups attached to an aromatic ring is 1. The van der Waals surface area contributed by atoms with Crippen LogP contribution in [0.5, 0.6) is 0 Å². The van der Waals surface area contributed by atoms with Gasteiger partial charge >= 0.3 is 5.97 Å². The Morgan fingerprint density at radius 3 is 2.68 bits per heavy atom. The largest absolute Gasteiger partial charge is 0.464 e. The fourth-order valence-electron chi connectivity index (χ4n) is 2.31. The molecule has 5 nitrogen and oxygen atoms in total. The summed E-state index contributed by atoms with van der Waals surface area (Å²) in [4.78, 5) is 12.1. The highest BCUT2D eigenvalue weighted by Crippen LogP contribution is 2.31. The van der Waals surface area contributed by atoms with Gasteiger partial charge in [-0.3, -0.25) is 0 Å². The molecule has 0 aliphatic rings. The zero-order valence-electron chi connectivity index (χ0n) is 12.6. The Labute approximate surface area is 137 Å². The number of hydrogen-bond donors (Lipinski definition) is 1. The molecular weight excluding hydrogens is 346 g/mol. The minimum absolute atomic E-state index is 0.131. The topological polar surface area (TPSA) is 81.0 Å². The zero-order chi connectivity index (χ0) is 16.4. The Kier molecular flexibility index (Phi) is 4.57. The van der Waals surface area contributed by atoms with Crippen LogP contribution in [-0.2, 0) is 4.74 Å². The van der Waals surface area contributed by atoms with Gasteiger partial charge in [-0.2, -0.15) is 5.26 Å². The fourth-order valence-corrected chi connectivity index (χ4v) is 2.69. The Hall–Kier alpha value is -2.26. The summed E-state index contributed by atoms with van der Waals surface area (Å²) in [6, 6.07) is 7.75. The predicted octanol–water partition coefficient (Wildman–Crippen LogP) is 3.60. The standard InChI is InChI=1S/C16H16BrN3O2/c1-9(2)12-6-11(17)4-5-13(12)20-8-10(7-18)14(19)15(20)16(21)22-3/h4-6,8-9H,19H2,1-3H3. The summed E-state index contributed by atoms with van der Waals surface area (Å²) in [6.45, 7) is 4.11. The van der Waals surface area contributed by atoms with E-state index < -0.39 is 5.97 Å². The molecule has 0 fully saturated rings. The van der Waals surface area contributed by atoms with Crippen molar-refractivity contribution in [2.75, 3.05) is 12.8 Å². The van der Waals surface area contributed by atoms with Crippen molar-refractivity contribution >= 4 is 27.6 Å². The maximum atomic E-state index is 12.1. The summed E-state index contributed by atoms with van der Waals surface area (Å²) in [5.74, 6) is -0.344. The number of esters is 1. The molecule has 0 amide bonds. The Balaban J connectivity index is 2.78. The van der Waals surface area contributed by atoms with E-state index in [2.05, 4.69) is 29.8 Å². The second kappa shape index (κ2) is 6.24. The number of carbonyl (C=O) groups is 1. The molecule has 1 aromatic heterocycles. The summed E-state index contributed by atoms with van der Waals surface area (Å²) in [5.41, 5.74) is 8.31. The number of methoxy groups -OCH3 is 1. The van der Waals surface area contributed by atoms with E-state index in [9.17, 15) is 10.1 Å². The molecule has 22 heavy (non-hydrogen) atoms. The van der Waals surface area contributed by atoms with Crippen molar-refractivity contribution in [3.63, 3.8) is 0 Å². The number of hydrogen-bond acceptors (Lipinski definition) is 4. The van der Waals surface area contributed by atoms with E-state index in [-0.39, 0.29) is 22.9 Å². The van der Waals surface area contributed by atoms with Gasteiger partial charge in [-0.1, -0.05) is 29.8 Å². The van der Waals surface area contributed by atoms with Crippen LogP contribution in [0.25, 0.3) is 5.69 Å². The van der Waals surface area contributed by atoms with Crippen molar-refractivity contribution in [3.8, 4) is 11.8 Å². The molecule has 0 aliphatic carbocycles. The summed E-state index contributed by atoms with van der Waals surface area (Å²) in [6.07, 6.45) is 1.57. The summed E-state index contributed by atoms with van der Waals surface area (Å²) >= 11 is 3.45. The van der Waals surface area contributed by atoms with Gasteiger partial charge < -0.3 is 15.0 Å². The molecule has 2 aromatic rings. The number of aromatic nitrogens is 1. The monoisotopic (exact) mass is 361 g/mol. The average molecular weight is 362 g/mol. The maximum absolute atomic E-state index is 12.1. The van der Waals surface area contributed by atoms with Crippen LogP contribution >= 0.6 is 15.9 Å². The van der Waals surface area contributed by atoms with Crippen molar-refractivity contribution < 1.29 is 9.53 Å². The lowest BCUT2D eigenvalue weighted by Gasteiger charge is -2.16. The van der Waals surface area contributed by atoms with E-state index in [0.717, 1.165) is 15.7 Å². The van der Waals surface area contributed by atoms with Crippen LogP contribution in [0.4, 0.5) is 5.69 Å². The highest BCUT2D eigenvalue weighted by Gasteiger charge is 2.23. The highest BCUT2D eigenvalue weighted by molar-refractivity contribution is 9.10. The molecule has 2 rings (SSSR count). The lowest BCUT2D eigenvalue weighted by Crippen LogP contribution is -2.12. The quantitative estimate of drug-likeness (QED) is 0.846. The lowest BCUT2D eigenvalue weighted by molar-refractivity contribution is 0.0593. The van der Waals surface area contributed by atoms with Crippen LogP contribution in [0.15, 0.2) is 28.9 Å². The van der Waals surface area contributed by atoms with E-state index in [0.29, 0.717) is 0 Å². The van der Waals surface area contributed by atoms with E-state index in [4.69, 9.17) is 10.5 Å². The first-order valence-corrected chi connectivity index (χ1v) is 7.49. The van der Waals surface area contributed by atoms with Gasteiger partial charge in [-0.05, 0) is 29.7 Å². The van der Waals surface area contributed by atoms with Crippen molar-refractivity contribution in [2.45, 2.75) is 19.8 Å². The highest BCUT2D eigenvalue weighted by atomic mass is 79.9. The van der Waals surface area contributed by atoms with Crippen LogP contribution in [0.3, 0.4) is 0 Å². The molecule has 1 aromatic carbocycles. The van der Waals surface area contributed by atoms with Gasteiger partial charge in [0.1, 0.15) is 6.07 Å². The summed E-state index contributed by atoms with van der Waals surface area (Å²) in [7, 11) is 1.29. The van der Waals surface area contributed by atoms with E-state index in [1.54, 1.807) is 10.8 Å². The number of carbonyl (C=O) groups excluding carboxylic acids is 1.